The number of nitrogens with one attached hydrogen (secondary N) is 1. The highest BCUT2D eigenvalue weighted by Gasteiger charge is 2.22. The van der Waals surface area contributed by atoms with Crippen molar-refractivity contribution in [1.82, 2.24) is 14.9 Å². The minimum absolute atomic E-state index is 0.406. The Morgan fingerprint density at radius 1 is 1.25 bits per heavy atom. The Morgan fingerprint density at radius 3 is 2.70 bits per heavy atom. The summed E-state index contributed by atoms with van der Waals surface area (Å²) in [5.74, 6) is 0.650. The van der Waals surface area contributed by atoms with Gasteiger partial charge in [-0.15, -0.1) is 0 Å². The van der Waals surface area contributed by atoms with Crippen molar-refractivity contribution in [3.05, 3.63) is 54.1 Å². The number of piperidine rings is 1. The zero-order valence-electron chi connectivity index (χ0n) is 12.1. The van der Waals surface area contributed by atoms with E-state index in [0.29, 0.717) is 12.0 Å². The van der Waals surface area contributed by atoms with Gasteiger partial charge in [0.2, 0.25) is 0 Å². The Balaban J connectivity index is 1.91. The van der Waals surface area contributed by atoms with Crippen LogP contribution >= 0.6 is 0 Å². The molecule has 3 nitrogen and oxygen atoms in total. The third-order valence-corrected chi connectivity index (χ3v) is 4.36. The molecule has 1 unspecified atom stereocenters. The van der Waals surface area contributed by atoms with E-state index >= 15 is 0 Å². The number of nitrogens with zero attached hydrogens (tertiary/aromatic N) is 2. The van der Waals surface area contributed by atoms with E-state index in [0.717, 1.165) is 19.5 Å². The molecule has 1 aromatic carbocycles. The zero-order chi connectivity index (χ0) is 13.8. The molecule has 0 spiro atoms. The SMILES string of the molecule is CCC(c1ccccc1)n1cncc1C1CCNCC1. The predicted octanol–water partition coefficient (Wildman–Crippen LogP) is 3.35. The molecule has 20 heavy (non-hydrogen) atoms. The molecule has 2 aromatic rings. The van der Waals surface area contributed by atoms with Crippen LogP contribution in [0.2, 0.25) is 0 Å². The van der Waals surface area contributed by atoms with Crippen LogP contribution in [-0.4, -0.2) is 22.6 Å². The number of rotatable bonds is 4. The van der Waals surface area contributed by atoms with E-state index in [4.69, 9.17) is 0 Å². The van der Waals surface area contributed by atoms with Gasteiger partial charge in [-0.3, -0.25) is 0 Å². The van der Waals surface area contributed by atoms with E-state index in [1.165, 1.54) is 24.1 Å². The second kappa shape index (κ2) is 6.23. The van der Waals surface area contributed by atoms with E-state index in [1.54, 1.807) is 0 Å². The number of hydrogen-bond donors (Lipinski definition) is 1. The molecular formula is C17H23N3. The number of benzene rings is 1. The average Bonchev–Trinajstić information content (AvgIpc) is 2.99. The van der Waals surface area contributed by atoms with Crippen LogP contribution in [0.1, 0.15) is 49.4 Å². The van der Waals surface area contributed by atoms with Gasteiger partial charge in [0.25, 0.3) is 0 Å². The van der Waals surface area contributed by atoms with Crippen molar-refractivity contribution in [2.24, 2.45) is 0 Å². The lowest BCUT2D eigenvalue weighted by atomic mass is 9.94. The molecule has 0 amide bonds. The zero-order valence-corrected chi connectivity index (χ0v) is 12.1. The molecule has 1 atom stereocenters. The third-order valence-electron chi connectivity index (χ3n) is 4.36. The molecular weight excluding hydrogens is 246 g/mol. The van der Waals surface area contributed by atoms with E-state index in [1.807, 2.05) is 6.33 Å². The Labute approximate surface area is 121 Å². The molecule has 3 rings (SSSR count). The molecule has 1 aliphatic heterocycles. The highest BCUT2D eigenvalue weighted by molar-refractivity contribution is 5.22. The molecule has 0 radical (unpaired) electrons. The molecule has 106 valence electrons. The minimum atomic E-state index is 0.406. The highest BCUT2D eigenvalue weighted by Crippen LogP contribution is 2.30. The number of hydrogen-bond acceptors (Lipinski definition) is 2. The van der Waals surface area contributed by atoms with E-state index in [2.05, 4.69) is 58.3 Å². The van der Waals surface area contributed by atoms with Gasteiger partial charge in [0.05, 0.1) is 12.4 Å². The molecule has 2 heterocycles. The summed E-state index contributed by atoms with van der Waals surface area (Å²) in [6.07, 6.45) is 7.62. The summed E-state index contributed by atoms with van der Waals surface area (Å²) in [5, 5.41) is 3.44. The molecule has 1 fully saturated rings. The summed E-state index contributed by atoms with van der Waals surface area (Å²) in [5.41, 5.74) is 2.78. The predicted molar refractivity (Wildman–Crippen MR) is 81.9 cm³/mol. The van der Waals surface area contributed by atoms with Crippen molar-refractivity contribution in [3.63, 3.8) is 0 Å². The van der Waals surface area contributed by atoms with Gasteiger partial charge in [-0.2, -0.15) is 0 Å². The fourth-order valence-corrected chi connectivity index (χ4v) is 3.28. The Morgan fingerprint density at radius 2 is 2.00 bits per heavy atom. The lowest BCUT2D eigenvalue weighted by Gasteiger charge is -2.27. The van der Waals surface area contributed by atoms with Gasteiger partial charge in [0.1, 0.15) is 0 Å². The van der Waals surface area contributed by atoms with E-state index in [9.17, 15) is 0 Å². The van der Waals surface area contributed by atoms with Gasteiger partial charge < -0.3 is 9.88 Å². The first-order chi connectivity index (χ1) is 9.90. The Hall–Kier alpha value is -1.61. The smallest absolute Gasteiger partial charge is 0.0954 e. The van der Waals surface area contributed by atoms with Gasteiger partial charge in [-0.25, -0.2) is 4.98 Å². The molecule has 1 aliphatic rings. The topological polar surface area (TPSA) is 29.9 Å². The van der Waals surface area contributed by atoms with Gasteiger partial charge >= 0.3 is 0 Å². The lowest BCUT2D eigenvalue weighted by molar-refractivity contribution is 0.426. The van der Waals surface area contributed by atoms with Crippen LogP contribution in [0.15, 0.2) is 42.9 Å². The molecule has 1 N–H and O–H groups in total. The van der Waals surface area contributed by atoms with Crippen molar-refractivity contribution < 1.29 is 0 Å². The fraction of sp³-hybridized carbons (Fsp3) is 0.471. The second-order valence-corrected chi connectivity index (χ2v) is 5.58. The van der Waals surface area contributed by atoms with Crippen LogP contribution in [0.25, 0.3) is 0 Å². The van der Waals surface area contributed by atoms with Crippen LogP contribution in [0, 0.1) is 0 Å². The largest absolute Gasteiger partial charge is 0.327 e. The molecule has 0 aliphatic carbocycles. The average molecular weight is 269 g/mol. The van der Waals surface area contributed by atoms with Crippen molar-refractivity contribution in [2.75, 3.05) is 13.1 Å². The molecule has 3 heteroatoms. The highest BCUT2D eigenvalue weighted by atomic mass is 15.1. The first-order valence-electron chi connectivity index (χ1n) is 7.67. The summed E-state index contributed by atoms with van der Waals surface area (Å²) in [4.78, 5) is 4.43. The van der Waals surface area contributed by atoms with Crippen LogP contribution in [0.5, 0.6) is 0 Å². The van der Waals surface area contributed by atoms with Crippen molar-refractivity contribution in [3.8, 4) is 0 Å². The van der Waals surface area contributed by atoms with Crippen LogP contribution in [0.4, 0.5) is 0 Å². The summed E-state index contributed by atoms with van der Waals surface area (Å²) < 4.78 is 2.39. The first-order valence-corrected chi connectivity index (χ1v) is 7.67. The quantitative estimate of drug-likeness (QED) is 0.922. The van der Waals surface area contributed by atoms with E-state index in [-0.39, 0.29) is 0 Å². The molecule has 0 saturated carbocycles. The van der Waals surface area contributed by atoms with Crippen LogP contribution in [0.3, 0.4) is 0 Å². The van der Waals surface area contributed by atoms with Crippen LogP contribution < -0.4 is 5.32 Å². The molecule has 1 aromatic heterocycles. The summed E-state index contributed by atoms with van der Waals surface area (Å²) >= 11 is 0. The van der Waals surface area contributed by atoms with Crippen molar-refractivity contribution in [2.45, 2.75) is 38.1 Å². The maximum Gasteiger partial charge on any atom is 0.0954 e. The monoisotopic (exact) mass is 269 g/mol. The third kappa shape index (κ3) is 2.63. The normalized spacial score (nSPS) is 18.1. The second-order valence-electron chi connectivity index (χ2n) is 5.58. The lowest BCUT2D eigenvalue weighted by Crippen LogP contribution is -2.28. The fourth-order valence-electron chi connectivity index (χ4n) is 3.28. The Bertz CT molecular complexity index is 526. The Kier molecular flexibility index (Phi) is 4.16. The van der Waals surface area contributed by atoms with Gasteiger partial charge in [-0.05, 0) is 37.9 Å². The van der Waals surface area contributed by atoms with Gasteiger partial charge in [0.15, 0.2) is 0 Å². The van der Waals surface area contributed by atoms with E-state index < -0.39 is 0 Å². The molecule has 1 saturated heterocycles. The van der Waals surface area contributed by atoms with Crippen LogP contribution in [-0.2, 0) is 0 Å². The number of aromatic nitrogens is 2. The molecule has 0 bridgehead atoms. The number of imidazole rings is 1. The summed E-state index contributed by atoms with van der Waals surface area (Å²) in [7, 11) is 0. The first kappa shape index (κ1) is 13.4. The van der Waals surface area contributed by atoms with Crippen molar-refractivity contribution in [1.29, 1.82) is 0 Å². The standard InChI is InChI=1S/C17H23N3/c1-2-16(14-6-4-3-5-7-14)20-13-19-12-17(20)15-8-10-18-11-9-15/h3-7,12-13,15-16,18H,2,8-11H2,1H3. The summed E-state index contributed by atoms with van der Waals surface area (Å²) in [6.45, 7) is 4.50. The maximum atomic E-state index is 4.43. The van der Waals surface area contributed by atoms with Crippen molar-refractivity contribution >= 4 is 0 Å². The maximum absolute atomic E-state index is 4.43. The van der Waals surface area contributed by atoms with Gasteiger partial charge in [-0.1, -0.05) is 37.3 Å². The minimum Gasteiger partial charge on any atom is -0.327 e. The van der Waals surface area contributed by atoms with Gasteiger partial charge in [0, 0.05) is 17.8 Å². The summed E-state index contributed by atoms with van der Waals surface area (Å²) in [6, 6.07) is 11.2.